The molecule has 0 spiro atoms. The second-order valence-electron chi connectivity index (χ2n) is 7.18. The molecule has 3 aromatic rings. The minimum absolute atomic E-state index is 0.0860. The molecular weight excluding hydrogens is 392 g/mol. The second kappa shape index (κ2) is 9.43. The molecule has 1 amide bonds. The number of hydrogen-bond donors (Lipinski definition) is 1. The van der Waals surface area contributed by atoms with Gasteiger partial charge in [0.05, 0.1) is 12.2 Å². The zero-order valence-electron chi connectivity index (χ0n) is 18.2. The number of ether oxygens (including phenoxy) is 1. The number of hydrogen-bond acceptors (Lipinski definition) is 4. The molecule has 0 bridgehead atoms. The average molecular weight is 418 g/mol. The largest absolute Gasteiger partial charge is 0.462 e. The first kappa shape index (κ1) is 22.0. The third-order valence-corrected chi connectivity index (χ3v) is 5.03. The fraction of sp³-hybridized carbons (Fsp3) is 0.240. The molecular formula is C25H26N2O4. The summed E-state index contributed by atoms with van der Waals surface area (Å²) in [6, 6.07) is 16.5. The molecule has 0 atom stereocenters. The van der Waals surface area contributed by atoms with Crippen molar-refractivity contribution < 1.29 is 19.1 Å². The monoisotopic (exact) mass is 418 g/mol. The van der Waals surface area contributed by atoms with Crippen LogP contribution in [-0.4, -0.2) is 35.8 Å². The Labute approximate surface area is 181 Å². The van der Waals surface area contributed by atoms with Crippen molar-refractivity contribution in [1.82, 2.24) is 4.98 Å². The number of aromatic amines is 1. The minimum Gasteiger partial charge on any atom is -0.462 e. The van der Waals surface area contributed by atoms with Gasteiger partial charge in [-0.3, -0.25) is 9.59 Å². The summed E-state index contributed by atoms with van der Waals surface area (Å²) in [7, 11) is 0. The molecule has 6 heteroatoms. The maximum atomic E-state index is 13.4. The molecule has 3 rings (SSSR count). The topological polar surface area (TPSA) is 79.5 Å². The van der Waals surface area contributed by atoms with Crippen LogP contribution in [0, 0.1) is 13.8 Å². The van der Waals surface area contributed by atoms with Crippen molar-refractivity contribution in [3.63, 3.8) is 0 Å². The van der Waals surface area contributed by atoms with Gasteiger partial charge in [0.2, 0.25) is 0 Å². The van der Waals surface area contributed by atoms with Gasteiger partial charge in [-0.2, -0.15) is 0 Å². The van der Waals surface area contributed by atoms with Crippen LogP contribution in [0.2, 0.25) is 0 Å². The zero-order chi connectivity index (χ0) is 22.5. The van der Waals surface area contributed by atoms with E-state index < -0.39 is 17.7 Å². The lowest BCUT2D eigenvalue weighted by Gasteiger charge is -2.20. The number of likely N-dealkylation sites (N-methyl/N-ethyl adjacent to an activating group) is 1. The number of esters is 1. The van der Waals surface area contributed by atoms with Gasteiger partial charge in [-0.1, -0.05) is 42.5 Å². The van der Waals surface area contributed by atoms with E-state index in [-0.39, 0.29) is 17.9 Å². The molecule has 6 nitrogen and oxygen atoms in total. The fourth-order valence-electron chi connectivity index (χ4n) is 3.62. The SMILES string of the molecule is CCOC(=O)c1c(C)[nH]c(C(=O)C(=O)N(CC)c2cccc(C)c2)c1-c1ccccc1. The Hall–Kier alpha value is -3.67. The van der Waals surface area contributed by atoms with Gasteiger partial charge in [0, 0.05) is 23.5 Å². The molecule has 0 fully saturated rings. The van der Waals surface area contributed by atoms with Crippen molar-refractivity contribution in [1.29, 1.82) is 0 Å². The number of aryl methyl sites for hydroxylation is 2. The molecule has 0 radical (unpaired) electrons. The van der Waals surface area contributed by atoms with E-state index in [9.17, 15) is 14.4 Å². The number of nitrogens with one attached hydrogen (secondary N) is 1. The highest BCUT2D eigenvalue weighted by molar-refractivity contribution is 6.48. The van der Waals surface area contributed by atoms with Gasteiger partial charge in [0.1, 0.15) is 5.69 Å². The van der Waals surface area contributed by atoms with Gasteiger partial charge < -0.3 is 14.6 Å². The van der Waals surface area contributed by atoms with Gasteiger partial charge in [-0.25, -0.2) is 4.79 Å². The van der Waals surface area contributed by atoms with E-state index in [0.29, 0.717) is 29.1 Å². The predicted octanol–water partition coefficient (Wildman–Crippen LogP) is 4.71. The summed E-state index contributed by atoms with van der Waals surface area (Å²) >= 11 is 0. The molecule has 0 unspecified atom stereocenters. The normalized spacial score (nSPS) is 10.6. The molecule has 0 aliphatic carbocycles. The molecule has 1 aromatic heterocycles. The molecule has 0 aliphatic heterocycles. The van der Waals surface area contributed by atoms with Crippen LogP contribution in [0.25, 0.3) is 11.1 Å². The Morgan fingerprint density at radius 1 is 0.968 bits per heavy atom. The van der Waals surface area contributed by atoms with Crippen LogP contribution in [0.5, 0.6) is 0 Å². The Kier molecular flexibility index (Phi) is 6.70. The number of H-pyrrole nitrogens is 1. The smallest absolute Gasteiger partial charge is 0.340 e. The lowest BCUT2D eigenvalue weighted by Crippen LogP contribution is -2.37. The Morgan fingerprint density at radius 2 is 1.68 bits per heavy atom. The van der Waals surface area contributed by atoms with Crippen molar-refractivity contribution >= 4 is 23.3 Å². The van der Waals surface area contributed by atoms with Crippen molar-refractivity contribution in [3.8, 4) is 11.1 Å². The van der Waals surface area contributed by atoms with Gasteiger partial charge in [0.15, 0.2) is 0 Å². The number of rotatable bonds is 7. The quantitative estimate of drug-likeness (QED) is 0.342. The van der Waals surface area contributed by atoms with Crippen molar-refractivity contribution in [2.75, 3.05) is 18.1 Å². The van der Waals surface area contributed by atoms with Crippen molar-refractivity contribution in [2.24, 2.45) is 0 Å². The standard InChI is InChI=1S/C25H26N2O4/c1-5-27(19-14-10-11-16(3)15-19)24(29)23(28)22-21(18-12-8-7-9-13-18)20(17(4)26-22)25(30)31-6-2/h7-15,26H,5-6H2,1-4H3. The van der Waals surface area contributed by atoms with Crippen LogP contribution >= 0.6 is 0 Å². The second-order valence-corrected chi connectivity index (χ2v) is 7.18. The van der Waals surface area contributed by atoms with Gasteiger partial charge in [-0.15, -0.1) is 0 Å². The van der Waals surface area contributed by atoms with E-state index in [4.69, 9.17) is 4.74 Å². The summed E-state index contributed by atoms with van der Waals surface area (Å²) in [6.07, 6.45) is 0. The lowest BCUT2D eigenvalue weighted by atomic mass is 9.98. The molecule has 160 valence electrons. The summed E-state index contributed by atoms with van der Waals surface area (Å²) in [5.41, 5.74) is 3.51. The highest BCUT2D eigenvalue weighted by atomic mass is 16.5. The summed E-state index contributed by atoms with van der Waals surface area (Å²) in [6.45, 7) is 7.69. The van der Waals surface area contributed by atoms with Gasteiger partial charge >= 0.3 is 11.9 Å². The van der Waals surface area contributed by atoms with E-state index in [1.165, 1.54) is 4.90 Å². The fourth-order valence-corrected chi connectivity index (χ4v) is 3.62. The van der Waals surface area contributed by atoms with E-state index in [0.717, 1.165) is 5.56 Å². The third kappa shape index (κ3) is 4.43. The Morgan fingerprint density at radius 3 is 2.29 bits per heavy atom. The van der Waals surface area contributed by atoms with E-state index >= 15 is 0 Å². The first-order valence-electron chi connectivity index (χ1n) is 10.3. The van der Waals surface area contributed by atoms with Crippen LogP contribution < -0.4 is 4.90 Å². The first-order valence-corrected chi connectivity index (χ1v) is 10.3. The van der Waals surface area contributed by atoms with Crippen molar-refractivity contribution in [3.05, 3.63) is 77.1 Å². The van der Waals surface area contributed by atoms with Crippen LogP contribution in [-0.2, 0) is 9.53 Å². The summed E-state index contributed by atoms with van der Waals surface area (Å²) in [4.78, 5) is 43.7. The van der Waals surface area contributed by atoms with Gasteiger partial charge in [-0.05, 0) is 51.0 Å². The number of anilines is 1. The first-order chi connectivity index (χ1) is 14.9. The number of carbonyl (C=O) groups is 3. The van der Waals surface area contributed by atoms with E-state index in [1.54, 1.807) is 32.0 Å². The number of ketones is 1. The van der Waals surface area contributed by atoms with E-state index in [2.05, 4.69) is 4.98 Å². The molecule has 31 heavy (non-hydrogen) atoms. The van der Waals surface area contributed by atoms with E-state index in [1.807, 2.05) is 50.2 Å². The maximum Gasteiger partial charge on any atom is 0.340 e. The highest BCUT2D eigenvalue weighted by Gasteiger charge is 2.32. The predicted molar refractivity (Wildman–Crippen MR) is 120 cm³/mol. The van der Waals surface area contributed by atoms with Crippen molar-refractivity contribution in [2.45, 2.75) is 27.7 Å². The minimum atomic E-state index is -0.708. The molecule has 0 saturated heterocycles. The molecule has 1 N–H and O–H groups in total. The van der Waals surface area contributed by atoms with Crippen LogP contribution in [0.3, 0.4) is 0 Å². The van der Waals surface area contributed by atoms with Crippen LogP contribution in [0.4, 0.5) is 5.69 Å². The molecule has 2 aromatic carbocycles. The Bertz CT molecular complexity index is 1120. The van der Waals surface area contributed by atoms with Crippen LogP contribution in [0.15, 0.2) is 54.6 Å². The Balaban J connectivity index is 2.11. The summed E-state index contributed by atoms with van der Waals surface area (Å²) in [5, 5.41) is 0. The highest BCUT2D eigenvalue weighted by Crippen LogP contribution is 2.32. The number of nitrogens with zero attached hydrogens (tertiary/aromatic N) is 1. The summed E-state index contributed by atoms with van der Waals surface area (Å²) in [5.74, 6) is -1.91. The summed E-state index contributed by atoms with van der Waals surface area (Å²) < 4.78 is 5.21. The number of aromatic nitrogens is 1. The average Bonchev–Trinajstić information content (AvgIpc) is 3.11. The molecule has 0 saturated carbocycles. The van der Waals surface area contributed by atoms with Gasteiger partial charge in [0.25, 0.3) is 5.78 Å². The maximum absolute atomic E-state index is 13.4. The van der Waals surface area contributed by atoms with Crippen LogP contribution in [0.1, 0.15) is 46.0 Å². The number of Topliss-reactive ketones (excluding diaryl/α,β-unsaturated/α-hetero) is 1. The lowest BCUT2D eigenvalue weighted by molar-refractivity contribution is -0.114. The third-order valence-electron chi connectivity index (χ3n) is 5.03. The number of benzene rings is 2. The number of carbonyl (C=O) groups excluding carboxylic acids is 3. The number of amides is 1. The zero-order valence-corrected chi connectivity index (χ0v) is 18.2. The molecule has 1 heterocycles. The molecule has 0 aliphatic rings.